The summed E-state index contributed by atoms with van der Waals surface area (Å²) in [5.74, 6) is -0.657. The maximum absolute atomic E-state index is 12.3. The first-order valence-corrected chi connectivity index (χ1v) is 10.8. The fourth-order valence-electron chi connectivity index (χ4n) is 3.08. The second kappa shape index (κ2) is 7.25. The summed E-state index contributed by atoms with van der Waals surface area (Å²) in [5, 5.41) is 10.4. The quantitative estimate of drug-likeness (QED) is 0.409. The van der Waals surface area contributed by atoms with Gasteiger partial charge in [0.25, 0.3) is 0 Å². The zero-order valence-electron chi connectivity index (χ0n) is 14.3. The van der Waals surface area contributed by atoms with E-state index in [-0.39, 0.29) is 19.0 Å². The number of rotatable bonds is 8. The molecule has 0 aromatic carbocycles. The molecule has 0 bridgehead atoms. The van der Waals surface area contributed by atoms with E-state index >= 15 is 0 Å². The first kappa shape index (κ1) is 18.3. The zero-order valence-corrected chi connectivity index (χ0v) is 15.3. The Morgan fingerprint density at radius 2 is 1.83 bits per heavy atom. The van der Waals surface area contributed by atoms with E-state index in [1.165, 1.54) is 6.92 Å². The minimum absolute atomic E-state index is 0.130. The van der Waals surface area contributed by atoms with Crippen molar-refractivity contribution >= 4 is 20.1 Å². The van der Waals surface area contributed by atoms with Crippen LogP contribution in [0, 0.1) is 0 Å². The van der Waals surface area contributed by atoms with Crippen molar-refractivity contribution in [1.82, 2.24) is 0 Å². The summed E-state index contributed by atoms with van der Waals surface area (Å²) in [4.78, 5) is 23.4. The highest BCUT2D eigenvalue weighted by Crippen LogP contribution is 2.38. The SMILES string of the molecule is CC[Si](CC)(CC)OCC1=C(COC(C)=O)C(=O)[C@H]2O[C@H]2[C@@H]1O. The average molecular weight is 342 g/mol. The summed E-state index contributed by atoms with van der Waals surface area (Å²) < 4.78 is 16.4. The van der Waals surface area contributed by atoms with Crippen LogP contribution in [-0.4, -0.2) is 56.7 Å². The highest BCUT2D eigenvalue weighted by molar-refractivity contribution is 6.73. The summed E-state index contributed by atoms with van der Waals surface area (Å²) in [6, 6.07) is 2.96. The lowest BCUT2D eigenvalue weighted by Crippen LogP contribution is -2.40. The monoisotopic (exact) mass is 342 g/mol. The predicted molar refractivity (Wildman–Crippen MR) is 86.5 cm³/mol. The molecule has 1 heterocycles. The first-order chi connectivity index (χ1) is 10.9. The summed E-state index contributed by atoms with van der Waals surface area (Å²) in [5.41, 5.74) is 0.847. The maximum Gasteiger partial charge on any atom is 0.302 e. The van der Waals surface area contributed by atoms with E-state index in [2.05, 4.69) is 20.8 Å². The van der Waals surface area contributed by atoms with Crippen LogP contribution in [0.3, 0.4) is 0 Å². The third-order valence-electron chi connectivity index (χ3n) is 5.02. The molecule has 2 aliphatic rings. The Labute approximate surface area is 137 Å². The van der Waals surface area contributed by atoms with Crippen molar-refractivity contribution in [2.75, 3.05) is 13.2 Å². The molecule has 6 nitrogen and oxygen atoms in total. The van der Waals surface area contributed by atoms with Crippen LogP contribution >= 0.6 is 0 Å². The molecule has 1 saturated heterocycles. The molecule has 23 heavy (non-hydrogen) atoms. The standard InChI is InChI=1S/C16H26O6Si/c1-5-23(6-2,7-3)21-9-12-11(8-20-10(4)17)13(18)15-16(22-15)14(12)19/h14-16,19H,5-9H2,1-4H3/t14-,15-,16+/m1/s1. The minimum atomic E-state index is -1.84. The molecule has 7 heteroatoms. The summed E-state index contributed by atoms with van der Waals surface area (Å²) in [6.07, 6.45) is -1.92. The lowest BCUT2D eigenvalue weighted by Gasteiger charge is -2.30. The second-order valence-electron chi connectivity index (χ2n) is 6.15. The van der Waals surface area contributed by atoms with Crippen molar-refractivity contribution in [1.29, 1.82) is 0 Å². The van der Waals surface area contributed by atoms with Crippen LogP contribution in [0.15, 0.2) is 11.1 Å². The highest BCUT2D eigenvalue weighted by atomic mass is 28.4. The van der Waals surface area contributed by atoms with Gasteiger partial charge in [0, 0.05) is 12.5 Å². The van der Waals surface area contributed by atoms with Crippen LogP contribution in [0.5, 0.6) is 0 Å². The van der Waals surface area contributed by atoms with Gasteiger partial charge in [-0.25, -0.2) is 0 Å². The molecule has 0 unspecified atom stereocenters. The number of carbonyl (C=O) groups excluding carboxylic acids is 2. The van der Waals surface area contributed by atoms with Gasteiger partial charge >= 0.3 is 5.97 Å². The van der Waals surface area contributed by atoms with Crippen molar-refractivity contribution in [3.8, 4) is 0 Å². The second-order valence-corrected chi connectivity index (χ2v) is 10.9. The topological polar surface area (TPSA) is 85.4 Å². The van der Waals surface area contributed by atoms with Crippen molar-refractivity contribution < 1.29 is 28.6 Å². The number of fused-ring (bicyclic) bond motifs is 1. The number of aliphatic hydroxyl groups is 1. The number of carbonyl (C=O) groups is 2. The van der Waals surface area contributed by atoms with Crippen LogP contribution in [0.25, 0.3) is 0 Å². The van der Waals surface area contributed by atoms with Crippen LogP contribution in [0.2, 0.25) is 18.1 Å². The van der Waals surface area contributed by atoms with E-state index in [0.29, 0.717) is 11.1 Å². The number of epoxide rings is 1. The minimum Gasteiger partial charge on any atom is -0.461 e. The molecular formula is C16H26O6Si. The molecule has 2 rings (SSSR count). The van der Waals surface area contributed by atoms with E-state index < -0.39 is 32.6 Å². The molecule has 0 aromatic heterocycles. The van der Waals surface area contributed by atoms with E-state index in [0.717, 1.165) is 18.1 Å². The largest absolute Gasteiger partial charge is 0.461 e. The van der Waals surface area contributed by atoms with Crippen molar-refractivity contribution in [3.63, 3.8) is 0 Å². The first-order valence-electron chi connectivity index (χ1n) is 8.26. The van der Waals surface area contributed by atoms with Gasteiger partial charge in [-0.3, -0.25) is 9.59 Å². The van der Waals surface area contributed by atoms with Gasteiger partial charge in [0.2, 0.25) is 0 Å². The fourth-order valence-corrected chi connectivity index (χ4v) is 5.65. The molecular weight excluding hydrogens is 316 g/mol. The summed E-state index contributed by atoms with van der Waals surface area (Å²) in [6.45, 7) is 7.73. The molecule has 0 spiro atoms. The van der Waals surface area contributed by atoms with Gasteiger partial charge in [0.05, 0.1) is 6.61 Å². The lowest BCUT2D eigenvalue weighted by molar-refractivity contribution is -0.140. The Bertz CT molecular complexity index is 502. The third kappa shape index (κ3) is 3.73. The lowest BCUT2D eigenvalue weighted by atomic mass is 9.89. The summed E-state index contributed by atoms with van der Waals surface area (Å²) in [7, 11) is -1.84. The molecule has 1 aliphatic carbocycles. The fraction of sp³-hybridized carbons (Fsp3) is 0.750. The van der Waals surface area contributed by atoms with Gasteiger partial charge in [-0.2, -0.15) is 0 Å². The van der Waals surface area contributed by atoms with Gasteiger partial charge in [0.1, 0.15) is 24.9 Å². The highest BCUT2D eigenvalue weighted by Gasteiger charge is 2.56. The van der Waals surface area contributed by atoms with Crippen molar-refractivity contribution in [3.05, 3.63) is 11.1 Å². The predicted octanol–water partition coefficient (Wildman–Crippen LogP) is 1.58. The Kier molecular flexibility index (Phi) is 5.78. The van der Waals surface area contributed by atoms with Crippen molar-refractivity contribution in [2.45, 2.75) is 64.1 Å². The van der Waals surface area contributed by atoms with Crippen LogP contribution in [0.1, 0.15) is 27.7 Å². The van der Waals surface area contributed by atoms with Crippen LogP contribution < -0.4 is 0 Å². The van der Waals surface area contributed by atoms with Crippen molar-refractivity contribution in [2.24, 2.45) is 0 Å². The van der Waals surface area contributed by atoms with E-state index in [4.69, 9.17) is 13.9 Å². The van der Waals surface area contributed by atoms with E-state index in [9.17, 15) is 14.7 Å². The van der Waals surface area contributed by atoms with Gasteiger partial charge in [0.15, 0.2) is 14.1 Å². The van der Waals surface area contributed by atoms with Gasteiger partial charge in [-0.1, -0.05) is 20.8 Å². The van der Waals surface area contributed by atoms with E-state index in [1.54, 1.807) is 0 Å². The molecule has 0 radical (unpaired) electrons. The van der Waals surface area contributed by atoms with Gasteiger partial charge in [-0.05, 0) is 23.7 Å². The number of aliphatic hydroxyl groups excluding tert-OH is 1. The van der Waals surface area contributed by atoms with Gasteiger partial charge in [-0.15, -0.1) is 0 Å². The molecule has 0 aromatic rings. The average Bonchev–Trinajstić information content (AvgIpc) is 3.33. The Morgan fingerprint density at radius 1 is 1.22 bits per heavy atom. The molecule has 0 saturated carbocycles. The Morgan fingerprint density at radius 3 is 2.35 bits per heavy atom. The van der Waals surface area contributed by atoms with Crippen LogP contribution in [-0.2, 0) is 23.5 Å². The molecule has 130 valence electrons. The molecule has 1 fully saturated rings. The zero-order chi connectivity index (χ0) is 17.2. The Balaban J connectivity index is 2.19. The van der Waals surface area contributed by atoms with Gasteiger partial charge < -0.3 is 19.0 Å². The van der Waals surface area contributed by atoms with Crippen LogP contribution in [0.4, 0.5) is 0 Å². The molecule has 0 amide bonds. The van der Waals surface area contributed by atoms with E-state index in [1.807, 2.05) is 0 Å². The summed E-state index contributed by atoms with van der Waals surface area (Å²) >= 11 is 0. The molecule has 1 aliphatic heterocycles. The number of esters is 1. The number of Topliss-reactive ketones (excluding diaryl/α,β-unsaturated/α-hetero) is 1. The number of ketones is 1. The molecule has 1 N–H and O–H groups in total. The number of hydrogen-bond acceptors (Lipinski definition) is 6. The smallest absolute Gasteiger partial charge is 0.302 e. The maximum atomic E-state index is 12.3. The molecule has 3 atom stereocenters. The normalized spacial score (nSPS) is 27.0. The number of hydrogen-bond donors (Lipinski definition) is 1. The number of ether oxygens (including phenoxy) is 2. The Hall–Kier alpha value is -1.02. The third-order valence-corrected chi connectivity index (χ3v) is 9.65.